The predicted octanol–water partition coefficient (Wildman–Crippen LogP) is 0.870. The largest absolute Gasteiger partial charge is 0.497 e. The van der Waals surface area contributed by atoms with E-state index in [2.05, 4.69) is 9.97 Å². The van der Waals surface area contributed by atoms with E-state index >= 15 is 0 Å². The molecule has 18 heavy (non-hydrogen) atoms. The molecular formula is C12H12N2NaO3. The van der Waals surface area contributed by atoms with Crippen LogP contribution >= 0.6 is 0 Å². The minimum Gasteiger partial charge on any atom is -0.497 e. The maximum Gasteiger partial charge on any atom is 0.323 e. The van der Waals surface area contributed by atoms with Gasteiger partial charge < -0.3 is 14.7 Å². The fraction of sp³-hybridized carbons (Fsp3) is 0.167. The van der Waals surface area contributed by atoms with E-state index in [9.17, 15) is 9.59 Å². The van der Waals surface area contributed by atoms with Gasteiger partial charge in [0, 0.05) is 40.8 Å². The summed E-state index contributed by atoms with van der Waals surface area (Å²) in [4.78, 5) is 28.1. The molecule has 0 aliphatic heterocycles. The molecule has 0 spiro atoms. The third-order valence-corrected chi connectivity index (χ3v) is 2.49. The number of H-pyrrole nitrogens is 2. The van der Waals surface area contributed by atoms with E-state index in [1.807, 2.05) is 0 Å². The van der Waals surface area contributed by atoms with Gasteiger partial charge in [-0.15, -0.1) is 0 Å². The summed E-state index contributed by atoms with van der Waals surface area (Å²) in [5.74, 6) is 0.462. The van der Waals surface area contributed by atoms with Crippen LogP contribution < -0.4 is 10.4 Å². The fourth-order valence-corrected chi connectivity index (χ4v) is 1.59. The Hall–Kier alpha value is -1.30. The maximum atomic E-state index is 12.0. The standard InChI is InChI=1S/C12H12N2O3.Na/c1-7-10(14-12(16)13-7)11(15)8-3-5-9(17-2)6-4-8;/h3-6H,1-2H3,(H2,13,14,16);. The van der Waals surface area contributed by atoms with Gasteiger partial charge in [-0.25, -0.2) is 4.79 Å². The van der Waals surface area contributed by atoms with Crippen molar-refractivity contribution < 1.29 is 9.53 Å². The summed E-state index contributed by atoms with van der Waals surface area (Å²) < 4.78 is 5.01. The van der Waals surface area contributed by atoms with Gasteiger partial charge >= 0.3 is 5.69 Å². The predicted molar refractivity (Wildman–Crippen MR) is 68.3 cm³/mol. The molecule has 1 radical (unpaired) electrons. The molecule has 0 fully saturated rings. The number of aromatic nitrogens is 2. The third-order valence-electron chi connectivity index (χ3n) is 2.49. The van der Waals surface area contributed by atoms with Crippen molar-refractivity contribution in [2.24, 2.45) is 0 Å². The van der Waals surface area contributed by atoms with E-state index in [4.69, 9.17) is 4.74 Å². The van der Waals surface area contributed by atoms with E-state index < -0.39 is 0 Å². The Kier molecular flexibility index (Phi) is 4.95. The van der Waals surface area contributed by atoms with Crippen LogP contribution in [0.3, 0.4) is 0 Å². The molecule has 0 aliphatic carbocycles. The second-order valence-electron chi connectivity index (χ2n) is 3.64. The van der Waals surface area contributed by atoms with Crippen LogP contribution in [0.1, 0.15) is 21.7 Å². The topological polar surface area (TPSA) is 75.0 Å². The number of aromatic amines is 2. The van der Waals surface area contributed by atoms with Crippen LogP contribution in [-0.2, 0) is 0 Å². The van der Waals surface area contributed by atoms with Crippen molar-refractivity contribution >= 4 is 35.3 Å². The first-order chi connectivity index (χ1) is 8.11. The smallest absolute Gasteiger partial charge is 0.323 e. The minimum atomic E-state index is -0.376. The summed E-state index contributed by atoms with van der Waals surface area (Å²) in [7, 11) is 1.56. The van der Waals surface area contributed by atoms with Crippen LogP contribution in [0.15, 0.2) is 29.1 Å². The first kappa shape index (κ1) is 14.8. The summed E-state index contributed by atoms with van der Waals surface area (Å²) in [6.07, 6.45) is 0. The number of imidazole rings is 1. The Balaban J connectivity index is 0.00000162. The summed E-state index contributed by atoms with van der Waals surface area (Å²) >= 11 is 0. The van der Waals surface area contributed by atoms with E-state index in [0.717, 1.165) is 0 Å². The van der Waals surface area contributed by atoms with Gasteiger partial charge in [-0.3, -0.25) is 4.79 Å². The fourth-order valence-electron chi connectivity index (χ4n) is 1.59. The van der Waals surface area contributed by atoms with Gasteiger partial charge in [0.15, 0.2) is 0 Å². The number of hydrogen-bond acceptors (Lipinski definition) is 3. The van der Waals surface area contributed by atoms with Crippen molar-refractivity contribution in [1.29, 1.82) is 0 Å². The average molecular weight is 255 g/mol. The molecule has 2 aromatic rings. The van der Waals surface area contributed by atoms with Gasteiger partial charge in [0.1, 0.15) is 11.4 Å². The van der Waals surface area contributed by atoms with Crippen molar-refractivity contribution in [3.8, 4) is 5.75 Å². The minimum absolute atomic E-state index is 0. The van der Waals surface area contributed by atoms with Gasteiger partial charge in [-0.2, -0.15) is 0 Å². The molecule has 0 aliphatic rings. The molecule has 1 aromatic carbocycles. The second kappa shape index (κ2) is 6.04. The van der Waals surface area contributed by atoms with Gasteiger partial charge in [0.2, 0.25) is 5.78 Å². The molecule has 0 amide bonds. The Morgan fingerprint density at radius 3 is 2.22 bits per heavy atom. The van der Waals surface area contributed by atoms with Gasteiger partial charge in [0.05, 0.1) is 7.11 Å². The number of hydrogen-bond donors (Lipinski definition) is 2. The van der Waals surface area contributed by atoms with Crippen molar-refractivity contribution in [2.45, 2.75) is 6.92 Å². The normalized spacial score (nSPS) is 9.67. The molecule has 6 heteroatoms. The van der Waals surface area contributed by atoms with E-state index in [0.29, 0.717) is 22.7 Å². The number of benzene rings is 1. The zero-order valence-electron chi connectivity index (χ0n) is 10.5. The molecule has 0 atom stereocenters. The Morgan fingerprint density at radius 2 is 1.78 bits per heavy atom. The zero-order valence-corrected chi connectivity index (χ0v) is 12.5. The molecule has 0 bridgehead atoms. The molecule has 1 heterocycles. The quantitative estimate of drug-likeness (QED) is 0.631. The zero-order chi connectivity index (χ0) is 12.4. The second-order valence-corrected chi connectivity index (χ2v) is 3.64. The third kappa shape index (κ3) is 2.93. The summed E-state index contributed by atoms with van der Waals surface area (Å²) in [5, 5.41) is 0. The van der Waals surface area contributed by atoms with Crippen LogP contribution in [0.25, 0.3) is 0 Å². The monoisotopic (exact) mass is 255 g/mol. The van der Waals surface area contributed by atoms with Crippen molar-refractivity contribution in [1.82, 2.24) is 9.97 Å². The molecule has 2 N–H and O–H groups in total. The molecule has 1 aromatic heterocycles. The number of ketones is 1. The number of nitrogens with one attached hydrogen (secondary N) is 2. The molecule has 5 nitrogen and oxygen atoms in total. The molecule has 0 unspecified atom stereocenters. The van der Waals surface area contributed by atoms with Gasteiger partial charge in [-0.05, 0) is 31.2 Å². The number of rotatable bonds is 3. The molecule has 0 saturated carbocycles. The molecule has 2 rings (SSSR count). The summed E-state index contributed by atoms with van der Waals surface area (Å²) in [6.45, 7) is 1.68. The Bertz CT molecular complexity index is 599. The Labute approximate surface area is 126 Å². The SMILES string of the molecule is COc1ccc(C(=O)c2[nH]c(=O)[nH]c2C)cc1.[Na]. The average Bonchev–Trinajstić information content (AvgIpc) is 2.68. The molecule has 0 saturated heterocycles. The Morgan fingerprint density at radius 1 is 1.17 bits per heavy atom. The molecule has 89 valence electrons. The molecular weight excluding hydrogens is 243 g/mol. The summed E-state index contributed by atoms with van der Waals surface area (Å²) in [6, 6.07) is 6.72. The number of aryl methyl sites for hydroxylation is 1. The van der Waals surface area contributed by atoms with Crippen molar-refractivity contribution in [3.05, 3.63) is 51.7 Å². The number of carbonyl (C=O) groups excluding carboxylic acids is 1. The van der Waals surface area contributed by atoms with E-state index in [1.165, 1.54) is 0 Å². The van der Waals surface area contributed by atoms with Crippen LogP contribution in [0.4, 0.5) is 0 Å². The van der Waals surface area contributed by atoms with E-state index in [-0.39, 0.29) is 41.0 Å². The van der Waals surface area contributed by atoms with Crippen molar-refractivity contribution in [2.75, 3.05) is 7.11 Å². The number of carbonyl (C=O) groups is 1. The first-order valence-electron chi connectivity index (χ1n) is 5.09. The van der Waals surface area contributed by atoms with Crippen molar-refractivity contribution in [3.63, 3.8) is 0 Å². The van der Waals surface area contributed by atoms with Gasteiger partial charge in [-0.1, -0.05) is 0 Å². The van der Waals surface area contributed by atoms with Crippen LogP contribution in [0.2, 0.25) is 0 Å². The maximum absolute atomic E-state index is 12.0. The van der Waals surface area contributed by atoms with Crippen LogP contribution in [0, 0.1) is 6.92 Å². The number of methoxy groups -OCH3 is 1. The summed E-state index contributed by atoms with van der Waals surface area (Å²) in [5.41, 5.74) is 0.958. The van der Waals surface area contributed by atoms with Gasteiger partial charge in [0.25, 0.3) is 0 Å². The van der Waals surface area contributed by atoms with E-state index in [1.54, 1.807) is 38.3 Å². The van der Waals surface area contributed by atoms with Crippen LogP contribution in [0.5, 0.6) is 5.75 Å². The van der Waals surface area contributed by atoms with Crippen LogP contribution in [-0.4, -0.2) is 52.4 Å². The first-order valence-corrected chi connectivity index (χ1v) is 5.09. The number of ether oxygens (including phenoxy) is 1.